The Kier molecular flexibility index (Phi) is 7.09. The van der Waals surface area contributed by atoms with Crippen molar-refractivity contribution in [3.63, 3.8) is 0 Å². The zero-order valence-electron chi connectivity index (χ0n) is 21.6. The second-order valence-corrected chi connectivity index (χ2v) is 11.6. The molecule has 1 fully saturated rings. The number of ether oxygens (including phenoxy) is 1. The molecule has 1 aliphatic heterocycles. The fourth-order valence-electron chi connectivity index (χ4n) is 4.31. The number of sulfonamides is 1. The van der Waals surface area contributed by atoms with Crippen molar-refractivity contribution in [3.05, 3.63) is 54.4 Å². The van der Waals surface area contributed by atoms with Gasteiger partial charge in [-0.1, -0.05) is 6.92 Å². The molecule has 0 radical (unpaired) electrons. The number of hydrogen-bond donors (Lipinski definition) is 2. The van der Waals surface area contributed by atoms with Gasteiger partial charge < -0.3 is 15.4 Å². The highest BCUT2D eigenvalue weighted by atomic mass is 32.2. The van der Waals surface area contributed by atoms with Crippen LogP contribution in [0.25, 0.3) is 11.3 Å². The molecule has 0 aromatic carbocycles. The second-order valence-electron chi connectivity index (χ2n) is 9.94. The normalized spacial score (nSPS) is 17.1. The number of anilines is 2. The molecule has 0 bridgehead atoms. The van der Waals surface area contributed by atoms with E-state index < -0.39 is 15.9 Å². The van der Waals surface area contributed by atoms with Gasteiger partial charge >= 0.3 is 0 Å². The Bertz CT molecular complexity index is 1410. The predicted molar refractivity (Wildman–Crippen MR) is 142 cm³/mol. The highest BCUT2D eigenvalue weighted by Crippen LogP contribution is 2.39. The summed E-state index contributed by atoms with van der Waals surface area (Å²) in [6.07, 6.45) is 3.95. The summed E-state index contributed by atoms with van der Waals surface area (Å²) in [5.74, 6) is 0.252. The molecule has 3 N–H and O–H groups in total. The molecule has 10 nitrogen and oxygen atoms in total. The van der Waals surface area contributed by atoms with E-state index in [1.807, 2.05) is 19.9 Å². The number of hydrogen-bond acceptors (Lipinski definition) is 9. The minimum atomic E-state index is -4.25. The van der Waals surface area contributed by atoms with Crippen LogP contribution in [-0.4, -0.2) is 47.5 Å². The van der Waals surface area contributed by atoms with Crippen molar-refractivity contribution in [3.8, 4) is 17.1 Å². The third kappa shape index (κ3) is 5.36. The van der Waals surface area contributed by atoms with Crippen LogP contribution in [0.1, 0.15) is 51.4 Å². The van der Waals surface area contributed by atoms with Gasteiger partial charge in [0.05, 0.1) is 17.4 Å². The quantitative estimate of drug-likeness (QED) is 0.474. The fourth-order valence-corrected chi connectivity index (χ4v) is 5.36. The van der Waals surface area contributed by atoms with Gasteiger partial charge in [-0.15, -0.1) is 0 Å². The van der Waals surface area contributed by atoms with Gasteiger partial charge in [-0.3, -0.25) is 4.79 Å². The first-order valence-electron chi connectivity index (χ1n) is 12.1. The Labute approximate surface area is 217 Å². The predicted octanol–water partition coefficient (Wildman–Crippen LogP) is 3.65. The number of amides is 1. The minimum absolute atomic E-state index is 0.00134. The lowest BCUT2D eigenvalue weighted by atomic mass is 9.90. The maximum Gasteiger partial charge on any atom is 0.268 e. The van der Waals surface area contributed by atoms with E-state index in [1.54, 1.807) is 24.4 Å². The average Bonchev–Trinajstić information content (AvgIpc) is 3.10. The molecule has 1 amide bonds. The van der Waals surface area contributed by atoms with Gasteiger partial charge in [0.15, 0.2) is 0 Å². The van der Waals surface area contributed by atoms with Gasteiger partial charge in [0.25, 0.3) is 15.9 Å². The summed E-state index contributed by atoms with van der Waals surface area (Å²) in [7, 11) is -4.25. The van der Waals surface area contributed by atoms with Crippen LogP contribution in [0.5, 0.6) is 5.88 Å². The molecule has 0 spiro atoms. The van der Waals surface area contributed by atoms with Crippen molar-refractivity contribution in [2.24, 2.45) is 5.92 Å². The molecule has 0 saturated carbocycles. The standard InChI is InChI=1S/C26H32N6O4S/c1-16(2)36-22-11-8-18(15-29-22)20-10-9-19(24(30-20)32-14-12-17(3)26(32,4)5)25(33)31-37(34,35)21-7-6-13-28-23(21)27/h6-11,13,15-17H,12,14H2,1-5H3,(H2,27,28)(H,31,33). The monoisotopic (exact) mass is 524 g/mol. The highest BCUT2D eigenvalue weighted by Gasteiger charge is 2.41. The maximum absolute atomic E-state index is 13.4. The van der Waals surface area contributed by atoms with E-state index in [2.05, 4.69) is 40.4 Å². The molecular formula is C26H32N6O4S. The van der Waals surface area contributed by atoms with Gasteiger partial charge in [0, 0.05) is 36.1 Å². The number of carbonyl (C=O) groups excluding carboxylic acids is 1. The van der Waals surface area contributed by atoms with Crippen molar-refractivity contribution in [2.45, 2.75) is 57.6 Å². The molecule has 0 aliphatic carbocycles. The number of aromatic nitrogens is 3. The summed E-state index contributed by atoms with van der Waals surface area (Å²) >= 11 is 0. The third-order valence-electron chi connectivity index (χ3n) is 6.77. The number of nitrogens with two attached hydrogens (primary N) is 1. The van der Waals surface area contributed by atoms with Crippen molar-refractivity contribution >= 4 is 27.6 Å². The number of nitrogens with one attached hydrogen (secondary N) is 1. The molecule has 4 heterocycles. The van der Waals surface area contributed by atoms with Crippen LogP contribution in [0, 0.1) is 5.92 Å². The zero-order chi connectivity index (χ0) is 27.0. The summed E-state index contributed by atoms with van der Waals surface area (Å²) < 4.78 is 33.6. The molecule has 4 rings (SSSR count). The van der Waals surface area contributed by atoms with E-state index in [0.717, 1.165) is 12.0 Å². The van der Waals surface area contributed by atoms with Crippen LogP contribution in [0.3, 0.4) is 0 Å². The van der Waals surface area contributed by atoms with Gasteiger partial charge in [0.2, 0.25) is 5.88 Å². The number of carbonyl (C=O) groups is 1. The van der Waals surface area contributed by atoms with E-state index in [1.165, 1.54) is 18.3 Å². The van der Waals surface area contributed by atoms with E-state index in [-0.39, 0.29) is 27.9 Å². The lowest BCUT2D eigenvalue weighted by Gasteiger charge is -2.36. The summed E-state index contributed by atoms with van der Waals surface area (Å²) in [5.41, 5.74) is 6.93. The lowest BCUT2D eigenvalue weighted by Crippen LogP contribution is -2.43. The Morgan fingerprint density at radius 3 is 2.54 bits per heavy atom. The zero-order valence-corrected chi connectivity index (χ0v) is 22.4. The van der Waals surface area contributed by atoms with Crippen LogP contribution >= 0.6 is 0 Å². The van der Waals surface area contributed by atoms with Crippen molar-refractivity contribution in [1.29, 1.82) is 0 Å². The molecular weight excluding hydrogens is 492 g/mol. The first kappa shape index (κ1) is 26.3. The summed E-state index contributed by atoms with van der Waals surface area (Å²) in [4.78, 5) is 28.2. The van der Waals surface area contributed by atoms with Crippen molar-refractivity contribution in [2.75, 3.05) is 17.2 Å². The molecule has 1 atom stereocenters. The van der Waals surface area contributed by atoms with Crippen LogP contribution in [0.2, 0.25) is 0 Å². The van der Waals surface area contributed by atoms with Gasteiger partial charge in [0.1, 0.15) is 16.5 Å². The first-order valence-corrected chi connectivity index (χ1v) is 13.6. The second kappa shape index (κ2) is 9.97. The Balaban J connectivity index is 1.74. The largest absolute Gasteiger partial charge is 0.475 e. The minimum Gasteiger partial charge on any atom is -0.475 e. The molecule has 3 aromatic heterocycles. The van der Waals surface area contributed by atoms with Crippen LogP contribution in [0.4, 0.5) is 11.6 Å². The average molecular weight is 525 g/mol. The summed E-state index contributed by atoms with van der Waals surface area (Å²) in [6.45, 7) is 10.9. The van der Waals surface area contributed by atoms with E-state index in [4.69, 9.17) is 15.5 Å². The Hall–Kier alpha value is -3.73. The van der Waals surface area contributed by atoms with Gasteiger partial charge in [-0.2, -0.15) is 0 Å². The first-order chi connectivity index (χ1) is 17.4. The highest BCUT2D eigenvalue weighted by molar-refractivity contribution is 7.90. The Morgan fingerprint density at radius 2 is 1.95 bits per heavy atom. The van der Waals surface area contributed by atoms with E-state index >= 15 is 0 Å². The molecule has 196 valence electrons. The van der Waals surface area contributed by atoms with Gasteiger partial charge in [-0.05, 0) is 70.4 Å². The summed E-state index contributed by atoms with van der Waals surface area (Å²) in [6, 6.07) is 9.62. The SMILES string of the molecule is CC(C)Oc1ccc(-c2ccc(C(=O)NS(=O)(=O)c3cccnc3N)c(N3CCC(C)C3(C)C)n2)cn1. The van der Waals surface area contributed by atoms with Crippen LogP contribution < -0.4 is 20.1 Å². The number of nitrogen functional groups attached to an aromatic ring is 1. The summed E-state index contributed by atoms with van der Waals surface area (Å²) in [5, 5.41) is 0. The fraction of sp³-hybridized carbons (Fsp3) is 0.385. The molecule has 1 aliphatic rings. The molecule has 1 saturated heterocycles. The molecule has 37 heavy (non-hydrogen) atoms. The van der Waals surface area contributed by atoms with Gasteiger partial charge in [-0.25, -0.2) is 28.1 Å². The third-order valence-corrected chi connectivity index (χ3v) is 8.15. The molecule has 1 unspecified atom stereocenters. The topological polar surface area (TPSA) is 140 Å². The van der Waals surface area contributed by atoms with Crippen LogP contribution in [0.15, 0.2) is 53.7 Å². The van der Waals surface area contributed by atoms with E-state index in [0.29, 0.717) is 29.9 Å². The van der Waals surface area contributed by atoms with Crippen molar-refractivity contribution < 1.29 is 17.9 Å². The molecule has 3 aromatic rings. The van der Waals surface area contributed by atoms with E-state index in [9.17, 15) is 13.2 Å². The Morgan fingerprint density at radius 1 is 1.19 bits per heavy atom. The lowest BCUT2D eigenvalue weighted by molar-refractivity contribution is 0.0981. The molecule has 11 heteroatoms. The maximum atomic E-state index is 13.4. The van der Waals surface area contributed by atoms with Crippen LogP contribution in [-0.2, 0) is 10.0 Å². The number of pyridine rings is 3. The van der Waals surface area contributed by atoms with Crippen molar-refractivity contribution in [1.82, 2.24) is 19.7 Å². The number of rotatable bonds is 7. The smallest absolute Gasteiger partial charge is 0.268 e. The number of nitrogens with zero attached hydrogens (tertiary/aromatic N) is 4.